The summed E-state index contributed by atoms with van der Waals surface area (Å²) in [6.07, 6.45) is 1.85. The number of rotatable bonds is 2. The van der Waals surface area contributed by atoms with Crippen LogP contribution in [0.4, 0.5) is 10.5 Å². The molecule has 1 fully saturated rings. The second-order valence-corrected chi connectivity index (χ2v) is 7.84. The number of carbonyl (C=O) groups excluding carboxylic acids is 1. The smallest absolute Gasteiger partial charge is 0.319 e. The van der Waals surface area contributed by atoms with E-state index >= 15 is 0 Å². The van der Waals surface area contributed by atoms with Crippen molar-refractivity contribution in [3.63, 3.8) is 0 Å². The highest BCUT2D eigenvalue weighted by molar-refractivity contribution is 5.90. The second-order valence-electron chi connectivity index (χ2n) is 7.84. The van der Waals surface area contributed by atoms with Gasteiger partial charge >= 0.3 is 6.03 Å². The molecule has 22 heavy (non-hydrogen) atoms. The van der Waals surface area contributed by atoms with Crippen molar-refractivity contribution in [1.82, 2.24) is 10.6 Å². The molecule has 122 valence electrons. The number of hydrogen-bond acceptors (Lipinski definition) is 2. The van der Waals surface area contributed by atoms with Gasteiger partial charge in [0.1, 0.15) is 0 Å². The Bertz CT molecular complexity index is 547. The minimum absolute atomic E-state index is 0.0267. The number of carbonyl (C=O) groups is 1. The predicted molar refractivity (Wildman–Crippen MR) is 92.4 cm³/mol. The third-order valence-corrected chi connectivity index (χ3v) is 4.38. The standard InChI is InChI=1S/C18H29N3O/c1-12-8-7-9-15(13(12)2)20-16(22)19-14-10-17(3,4)21-18(5,6)11-14/h7-9,14,21H,10-11H2,1-6H3,(H2,19,20,22). The molecular formula is C18H29N3O. The lowest BCUT2D eigenvalue weighted by molar-refractivity contribution is 0.149. The molecule has 4 nitrogen and oxygen atoms in total. The molecule has 2 amide bonds. The summed E-state index contributed by atoms with van der Waals surface area (Å²) in [5, 5.41) is 9.75. The molecule has 1 aliphatic rings. The molecule has 3 N–H and O–H groups in total. The number of urea groups is 1. The van der Waals surface area contributed by atoms with Gasteiger partial charge in [-0.05, 0) is 71.6 Å². The number of amides is 2. The molecule has 2 rings (SSSR count). The lowest BCUT2D eigenvalue weighted by Crippen LogP contribution is -2.62. The van der Waals surface area contributed by atoms with E-state index < -0.39 is 0 Å². The summed E-state index contributed by atoms with van der Waals surface area (Å²) >= 11 is 0. The van der Waals surface area contributed by atoms with E-state index in [4.69, 9.17) is 0 Å². The number of aryl methyl sites for hydroxylation is 1. The van der Waals surface area contributed by atoms with Gasteiger partial charge in [-0.3, -0.25) is 0 Å². The highest BCUT2D eigenvalue weighted by Gasteiger charge is 2.38. The van der Waals surface area contributed by atoms with Crippen LogP contribution in [0.15, 0.2) is 18.2 Å². The summed E-state index contributed by atoms with van der Waals surface area (Å²) < 4.78 is 0. The van der Waals surface area contributed by atoms with E-state index in [9.17, 15) is 4.79 Å². The molecule has 0 aromatic heterocycles. The molecule has 0 unspecified atom stereocenters. The van der Waals surface area contributed by atoms with Crippen molar-refractivity contribution < 1.29 is 4.79 Å². The van der Waals surface area contributed by atoms with Crippen LogP contribution in [-0.4, -0.2) is 23.2 Å². The first-order chi connectivity index (χ1) is 10.1. The van der Waals surface area contributed by atoms with Crippen LogP contribution in [0.5, 0.6) is 0 Å². The molecule has 1 aromatic rings. The van der Waals surface area contributed by atoms with E-state index in [0.717, 1.165) is 24.1 Å². The molecule has 0 atom stereocenters. The van der Waals surface area contributed by atoms with Crippen LogP contribution >= 0.6 is 0 Å². The zero-order valence-electron chi connectivity index (χ0n) is 14.6. The number of anilines is 1. The SMILES string of the molecule is Cc1cccc(NC(=O)NC2CC(C)(C)NC(C)(C)C2)c1C. The van der Waals surface area contributed by atoms with E-state index in [0.29, 0.717) is 0 Å². The molecule has 0 saturated carbocycles. The largest absolute Gasteiger partial charge is 0.335 e. The van der Waals surface area contributed by atoms with Crippen LogP contribution in [-0.2, 0) is 0 Å². The Morgan fingerprint density at radius 2 is 1.73 bits per heavy atom. The highest BCUT2D eigenvalue weighted by atomic mass is 16.2. The summed E-state index contributed by atoms with van der Waals surface area (Å²) in [6, 6.07) is 6.02. The fourth-order valence-electron chi connectivity index (χ4n) is 3.65. The average molecular weight is 303 g/mol. The van der Waals surface area contributed by atoms with Gasteiger partial charge in [-0.1, -0.05) is 12.1 Å². The topological polar surface area (TPSA) is 53.2 Å². The lowest BCUT2D eigenvalue weighted by Gasteiger charge is -2.46. The maximum Gasteiger partial charge on any atom is 0.319 e. The maximum atomic E-state index is 12.3. The number of nitrogens with one attached hydrogen (secondary N) is 3. The molecular weight excluding hydrogens is 274 g/mol. The van der Waals surface area contributed by atoms with E-state index in [1.54, 1.807) is 0 Å². The summed E-state index contributed by atoms with van der Waals surface area (Å²) in [4.78, 5) is 12.3. The van der Waals surface area contributed by atoms with Crippen LogP contribution in [0.2, 0.25) is 0 Å². The van der Waals surface area contributed by atoms with E-state index in [2.05, 4.69) is 56.6 Å². The van der Waals surface area contributed by atoms with Crippen molar-refractivity contribution in [1.29, 1.82) is 0 Å². The van der Waals surface area contributed by atoms with Gasteiger partial charge in [-0.2, -0.15) is 0 Å². The van der Waals surface area contributed by atoms with Crippen LogP contribution in [0.25, 0.3) is 0 Å². The molecule has 0 aliphatic carbocycles. The number of hydrogen-bond donors (Lipinski definition) is 3. The lowest BCUT2D eigenvalue weighted by atomic mass is 9.80. The Hall–Kier alpha value is -1.55. The first-order valence-electron chi connectivity index (χ1n) is 8.01. The fourth-order valence-corrected chi connectivity index (χ4v) is 3.65. The van der Waals surface area contributed by atoms with Gasteiger partial charge in [0.25, 0.3) is 0 Å². The van der Waals surface area contributed by atoms with Crippen molar-refractivity contribution in [2.75, 3.05) is 5.32 Å². The minimum Gasteiger partial charge on any atom is -0.335 e. The van der Waals surface area contributed by atoms with Crippen molar-refractivity contribution in [2.24, 2.45) is 0 Å². The number of benzene rings is 1. The van der Waals surface area contributed by atoms with Crippen molar-refractivity contribution in [3.8, 4) is 0 Å². The Kier molecular flexibility index (Phi) is 4.52. The molecule has 0 bridgehead atoms. The predicted octanol–water partition coefficient (Wildman–Crippen LogP) is 3.73. The summed E-state index contributed by atoms with van der Waals surface area (Å²) in [5.74, 6) is 0. The maximum absolute atomic E-state index is 12.3. The van der Waals surface area contributed by atoms with Crippen molar-refractivity contribution in [3.05, 3.63) is 29.3 Å². The van der Waals surface area contributed by atoms with Gasteiger partial charge in [0.2, 0.25) is 0 Å². The Balaban J connectivity index is 2.01. The number of piperidine rings is 1. The highest BCUT2D eigenvalue weighted by Crippen LogP contribution is 2.28. The Labute approximate surface area is 134 Å². The van der Waals surface area contributed by atoms with Crippen molar-refractivity contribution in [2.45, 2.75) is 71.5 Å². The Morgan fingerprint density at radius 1 is 1.14 bits per heavy atom. The van der Waals surface area contributed by atoms with Gasteiger partial charge in [-0.25, -0.2) is 4.79 Å². The van der Waals surface area contributed by atoms with Gasteiger partial charge in [0, 0.05) is 22.8 Å². The average Bonchev–Trinajstić information content (AvgIpc) is 2.30. The molecule has 1 saturated heterocycles. The summed E-state index contributed by atoms with van der Waals surface area (Å²) in [6.45, 7) is 12.8. The van der Waals surface area contributed by atoms with Gasteiger partial charge in [0.15, 0.2) is 0 Å². The summed E-state index contributed by atoms with van der Waals surface area (Å²) in [7, 11) is 0. The van der Waals surface area contributed by atoms with Crippen LogP contribution in [0.3, 0.4) is 0 Å². The first kappa shape index (κ1) is 16.8. The first-order valence-corrected chi connectivity index (χ1v) is 8.01. The third kappa shape index (κ3) is 4.23. The quantitative estimate of drug-likeness (QED) is 0.779. The molecule has 1 aromatic carbocycles. The molecule has 1 aliphatic heterocycles. The second kappa shape index (κ2) is 5.92. The zero-order chi connectivity index (χ0) is 16.5. The molecule has 0 radical (unpaired) electrons. The van der Waals surface area contributed by atoms with Crippen LogP contribution in [0, 0.1) is 13.8 Å². The van der Waals surface area contributed by atoms with Crippen LogP contribution in [0.1, 0.15) is 51.7 Å². The van der Waals surface area contributed by atoms with E-state index in [1.165, 1.54) is 5.56 Å². The molecule has 4 heteroatoms. The monoisotopic (exact) mass is 303 g/mol. The third-order valence-electron chi connectivity index (χ3n) is 4.38. The van der Waals surface area contributed by atoms with Gasteiger partial charge < -0.3 is 16.0 Å². The van der Waals surface area contributed by atoms with Crippen molar-refractivity contribution >= 4 is 11.7 Å². The summed E-state index contributed by atoms with van der Waals surface area (Å²) in [5.41, 5.74) is 3.23. The van der Waals surface area contributed by atoms with Gasteiger partial charge in [0.05, 0.1) is 0 Å². The minimum atomic E-state index is -0.118. The van der Waals surface area contributed by atoms with E-state index in [-0.39, 0.29) is 23.2 Å². The molecule has 0 spiro atoms. The fraction of sp³-hybridized carbons (Fsp3) is 0.611. The van der Waals surface area contributed by atoms with E-state index in [1.807, 2.05) is 19.1 Å². The van der Waals surface area contributed by atoms with Gasteiger partial charge in [-0.15, -0.1) is 0 Å². The zero-order valence-corrected chi connectivity index (χ0v) is 14.6. The normalized spacial score (nSPS) is 20.5. The Morgan fingerprint density at radius 3 is 2.32 bits per heavy atom. The van der Waals surface area contributed by atoms with Crippen LogP contribution < -0.4 is 16.0 Å². The molecule has 1 heterocycles.